The Morgan fingerprint density at radius 1 is 1.55 bits per heavy atom. The molecule has 0 aromatic carbocycles. The Hall–Kier alpha value is -1.79. The molecule has 1 fully saturated rings. The van der Waals surface area contributed by atoms with Gasteiger partial charge in [0.1, 0.15) is 16.9 Å². The Balaban J connectivity index is 1.49. The van der Waals surface area contributed by atoms with E-state index in [1.54, 1.807) is 34.7 Å². The van der Waals surface area contributed by atoms with Crippen molar-refractivity contribution in [3.8, 4) is 5.75 Å². The lowest BCUT2D eigenvalue weighted by Crippen LogP contribution is -2.38. The van der Waals surface area contributed by atoms with Crippen molar-refractivity contribution in [2.45, 2.75) is 19.1 Å². The fourth-order valence-electron chi connectivity index (χ4n) is 2.33. The number of likely N-dealkylation sites (tertiary alicyclic amines) is 1. The molecule has 0 aliphatic carbocycles. The predicted molar refractivity (Wildman–Crippen MR) is 86.4 cm³/mol. The molecule has 1 saturated heterocycles. The van der Waals surface area contributed by atoms with E-state index in [0.717, 1.165) is 11.3 Å². The zero-order valence-corrected chi connectivity index (χ0v) is 13.4. The van der Waals surface area contributed by atoms with Crippen LogP contribution in [0.4, 0.5) is 4.79 Å². The van der Waals surface area contributed by atoms with Crippen LogP contribution in [0.1, 0.15) is 11.3 Å². The number of nitrogens with one attached hydrogen (secondary N) is 1. The number of aromatic nitrogens is 1. The van der Waals surface area contributed by atoms with E-state index >= 15 is 0 Å². The summed E-state index contributed by atoms with van der Waals surface area (Å²) in [4.78, 5) is 19.0. The van der Waals surface area contributed by atoms with Crippen LogP contribution in [0.5, 0.6) is 5.75 Å². The zero-order chi connectivity index (χ0) is 15.4. The lowest BCUT2D eigenvalue weighted by Gasteiger charge is -2.18. The van der Waals surface area contributed by atoms with E-state index in [1.165, 1.54) is 0 Å². The van der Waals surface area contributed by atoms with Gasteiger partial charge in [-0.15, -0.1) is 11.3 Å². The van der Waals surface area contributed by atoms with E-state index in [-0.39, 0.29) is 12.1 Å². The van der Waals surface area contributed by atoms with Crippen molar-refractivity contribution in [3.05, 3.63) is 45.9 Å². The van der Waals surface area contributed by atoms with Crippen LogP contribution < -0.4 is 10.1 Å². The molecular weight excluding hydrogens is 322 g/mol. The molecule has 1 atom stereocenters. The Morgan fingerprint density at radius 2 is 2.45 bits per heavy atom. The van der Waals surface area contributed by atoms with Gasteiger partial charge in [-0.2, -0.15) is 0 Å². The first kappa shape index (κ1) is 15.1. The standard InChI is InChI=1S/C15H16ClN3O2S/c16-13-9-17-5-3-14(13)21-11-4-6-19(10-11)15(20)18-8-12-2-1-7-22-12/h1-3,5,7,9,11H,4,6,8,10H2,(H,18,20)/t11-/m0/s1. The molecule has 2 aromatic rings. The molecule has 2 aromatic heterocycles. The van der Waals surface area contributed by atoms with E-state index in [2.05, 4.69) is 10.3 Å². The maximum Gasteiger partial charge on any atom is 0.317 e. The highest BCUT2D eigenvalue weighted by Crippen LogP contribution is 2.25. The van der Waals surface area contributed by atoms with Crippen molar-refractivity contribution in [2.75, 3.05) is 13.1 Å². The summed E-state index contributed by atoms with van der Waals surface area (Å²) in [6.07, 6.45) is 3.96. The summed E-state index contributed by atoms with van der Waals surface area (Å²) < 4.78 is 5.85. The van der Waals surface area contributed by atoms with Gasteiger partial charge >= 0.3 is 6.03 Å². The highest BCUT2D eigenvalue weighted by Gasteiger charge is 2.27. The number of hydrogen-bond acceptors (Lipinski definition) is 4. The van der Waals surface area contributed by atoms with Crippen LogP contribution in [-0.2, 0) is 6.54 Å². The van der Waals surface area contributed by atoms with Crippen molar-refractivity contribution in [3.63, 3.8) is 0 Å². The fourth-order valence-corrected chi connectivity index (χ4v) is 3.14. The Labute approximate surface area is 137 Å². The molecule has 7 heteroatoms. The number of thiophene rings is 1. The smallest absolute Gasteiger partial charge is 0.317 e. The van der Waals surface area contributed by atoms with Gasteiger partial charge in [0.2, 0.25) is 0 Å². The van der Waals surface area contributed by atoms with Crippen LogP contribution in [-0.4, -0.2) is 35.1 Å². The maximum atomic E-state index is 12.1. The normalized spacial score (nSPS) is 17.5. The predicted octanol–water partition coefficient (Wildman–Crippen LogP) is 3.16. The van der Waals surface area contributed by atoms with Gasteiger partial charge in [-0.1, -0.05) is 17.7 Å². The van der Waals surface area contributed by atoms with Crippen LogP contribution in [0.25, 0.3) is 0 Å². The van der Waals surface area contributed by atoms with Crippen LogP contribution >= 0.6 is 22.9 Å². The highest BCUT2D eigenvalue weighted by atomic mass is 35.5. The number of hydrogen-bond donors (Lipinski definition) is 1. The lowest BCUT2D eigenvalue weighted by atomic mass is 10.3. The van der Waals surface area contributed by atoms with Crippen LogP contribution in [0.3, 0.4) is 0 Å². The Bertz CT molecular complexity index is 635. The minimum Gasteiger partial charge on any atom is -0.487 e. The van der Waals surface area contributed by atoms with Gasteiger partial charge < -0.3 is 15.0 Å². The number of ether oxygens (including phenoxy) is 1. The second-order valence-corrected chi connectivity index (χ2v) is 6.46. The number of amides is 2. The summed E-state index contributed by atoms with van der Waals surface area (Å²) in [5.41, 5.74) is 0. The summed E-state index contributed by atoms with van der Waals surface area (Å²) in [5, 5.41) is 5.42. The quantitative estimate of drug-likeness (QED) is 0.932. The summed E-state index contributed by atoms with van der Waals surface area (Å²) in [6, 6.07) is 5.67. The minimum atomic E-state index is -0.0553. The number of carbonyl (C=O) groups excluding carboxylic acids is 1. The van der Waals surface area contributed by atoms with Gasteiger partial charge in [-0.25, -0.2) is 4.79 Å². The van der Waals surface area contributed by atoms with E-state index in [0.29, 0.717) is 30.4 Å². The molecule has 1 aliphatic heterocycles. The lowest BCUT2D eigenvalue weighted by molar-refractivity contribution is 0.186. The largest absolute Gasteiger partial charge is 0.487 e. The Morgan fingerprint density at radius 3 is 3.23 bits per heavy atom. The summed E-state index contributed by atoms with van der Waals surface area (Å²) in [7, 11) is 0. The number of rotatable bonds is 4. The third-order valence-corrected chi connectivity index (χ3v) is 4.62. The SMILES string of the molecule is O=C(NCc1cccs1)N1CC[C@H](Oc2ccncc2Cl)C1. The molecule has 0 unspecified atom stereocenters. The number of carbonyl (C=O) groups is 1. The van der Waals surface area contributed by atoms with Crippen molar-refractivity contribution in [1.82, 2.24) is 15.2 Å². The monoisotopic (exact) mass is 337 g/mol. The van der Waals surface area contributed by atoms with E-state index < -0.39 is 0 Å². The van der Waals surface area contributed by atoms with E-state index in [4.69, 9.17) is 16.3 Å². The zero-order valence-electron chi connectivity index (χ0n) is 11.9. The summed E-state index contributed by atoms with van der Waals surface area (Å²) in [5.74, 6) is 0.613. The van der Waals surface area contributed by atoms with Crippen LogP contribution in [0, 0.1) is 0 Å². The summed E-state index contributed by atoms with van der Waals surface area (Å²) >= 11 is 7.66. The molecule has 1 N–H and O–H groups in total. The van der Waals surface area contributed by atoms with Gasteiger partial charge in [-0.3, -0.25) is 4.98 Å². The van der Waals surface area contributed by atoms with Crippen molar-refractivity contribution < 1.29 is 9.53 Å². The van der Waals surface area contributed by atoms with Crippen molar-refractivity contribution in [1.29, 1.82) is 0 Å². The number of halogens is 1. The third-order valence-electron chi connectivity index (χ3n) is 3.46. The fraction of sp³-hybridized carbons (Fsp3) is 0.333. The van der Waals surface area contributed by atoms with Crippen molar-refractivity contribution >= 4 is 29.0 Å². The van der Waals surface area contributed by atoms with Gasteiger partial charge in [0.25, 0.3) is 0 Å². The van der Waals surface area contributed by atoms with Gasteiger partial charge in [-0.05, 0) is 11.4 Å². The molecule has 0 saturated carbocycles. The molecule has 2 amide bonds. The first-order valence-corrected chi connectivity index (χ1v) is 8.29. The van der Waals surface area contributed by atoms with Crippen LogP contribution in [0.2, 0.25) is 5.02 Å². The maximum absolute atomic E-state index is 12.1. The molecule has 1 aliphatic rings. The average Bonchev–Trinajstić information content (AvgIpc) is 3.19. The second-order valence-electron chi connectivity index (χ2n) is 5.02. The Kier molecular flexibility index (Phi) is 4.80. The van der Waals surface area contributed by atoms with Gasteiger partial charge in [0, 0.05) is 36.3 Å². The number of nitrogens with zero attached hydrogens (tertiary/aromatic N) is 2. The first-order chi connectivity index (χ1) is 10.7. The molecule has 3 heterocycles. The molecule has 5 nitrogen and oxygen atoms in total. The molecule has 3 rings (SSSR count). The topological polar surface area (TPSA) is 54.5 Å². The highest BCUT2D eigenvalue weighted by molar-refractivity contribution is 7.09. The average molecular weight is 338 g/mol. The van der Waals surface area contributed by atoms with Gasteiger partial charge in [0.05, 0.1) is 13.1 Å². The molecule has 0 bridgehead atoms. The molecule has 0 radical (unpaired) electrons. The summed E-state index contributed by atoms with van der Waals surface area (Å²) in [6.45, 7) is 1.81. The molecule has 116 valence electrons. The third kappa shape index (κ3) is 3.69. The van der Waals surface area contributed by atoms with E-state index in [1.807, 2.05) is 17.5 Å². The molecule has 22 heavy (non-hydrogen) atoms. The minimum absolute atomic E-state index is 0.0348. The van der Waals surface area contributed by atoms with Gasteiger partial charge in [0.15, 0.2) is 0 Å². The molecular formula is C15H16ClN3O2S. The first-order valence-electron chi connectivity index (χ1n) is 7.03. The van der Waals surface area contributed by atoms with Crippen molar-refractivity contribution in [2.24, 2.45) is 0 Å². The molecule has 0 spiro atoms. The number of pyridine rings is 1. The second kappa shape index (κ2) is 6.98. The van der Waals surface area contributed by atoms with E-state index in [9.17, 15) is 4.79 Å². The van der Waals surface area contributed by atoms with Crippen LogP contribution in [0.15, 0.2) is 36.0 Å². The number of urea groups is 1.